The molecule has 39 heavy (non-hydrogen) atoms. The highest BCUT2D eigenvalue weighted by atomic mass is 32.1. The second-order valence-electron chi connectivity index (χ2n) is 9.19. The van der Waals surface area contributed by atoms with Gasteiger partial charge in [-0.15, -0.1) is 16.4 Å². The number of rotatable bonds is 8. The maximum Gasteiger partial charge on any atom is 0.416 e. The van der Waals surface area contributed by atoms with Gasteiger partial charge in [-0.05, 0) is 47.7 Å². The van der Waals surface area contributed by atoms with Crippen LogP contribution in [0.15, 0.2) is 24.4 Å². The number of thiazole rings is 1. The summed E-state index contributed by atoms with van der Waals surface area (Å²) in [6.07, 6.45) is -8.66. The first kappa shape index (κ1) is 27.0. The third-order valence-electron chi connectivity index (χ3n) is 6.40. The molecule has 208 valence electrons. The molecular weight excluding hydrogens is 557 g/mol. The molecule has 16 heteroatoms. The summed E-state index contributed by atoms with van der Waals surface area (Å²) >= 11 is 1.15. The number of carbonyl (C=O) groups is 1. The standard InChI is InChI=1S/C23H19F7N6O2S/c24-15-8-12(38-7-1-6-22(25,26)27)4-5-14(15)21(23(28,29)30)9-13(20-31-10-16(39-20)11-2-3-11)17(19(37)32-21)18-33-35-36-34-18/h4-5,8,10-11H,1-3,6-7,9H2,(H,32,37)(H,33,34,35,36)/t21-/m0/s1. The van der Waals surface area contributed by atoms with E-state index in [2.05, 4.69) is 25.6 Å². The molecule has 1 aliphatic carbocycles. The SMILES string of the molecule is O=C1N[C@@](c2ccc(OCCCC(F)(F)F)cc2F)(C(F)(F)F)CC(c2ncc(C3CC3)s2)=C1c1nnn[nH]1. The Morgan fingerprint density at radius 2 is 1.92 bits per heavy atom. The molecule has 3 heterocycles. The van der Waals surface area contributed by atoms with Crippen molar-refractivity contribution >= 4 is 28.4 Å². The van der Waals surface area contributed by atoms with Gasteiger partial charge in [0.1, 0.15) is 16.6 Å². The van der Waals surface area contributed by atoms with E-state index in [9.17, 15) is 31.1 Å². The van der Waals surface area contributed by atoms with E-state index in [1.807, 2.05) is 5.32 Å². The fourth-order valence-electron chi connectivity index (χ4n) is 4.35. The van der Waals surface area contributed by atoms with E-state index in [0.29, 0.717) is 6.07 Å². The number of amides is 1. The molecule has 3 aromatic rings. The minimum atomic E-state index is -5.17. The topological polar surface area (TPSA) is 106 Å². The monoisotopic (exact) mass is 576 g/mol. The lowest BCUT2D eigenvalue weighted by molar-refractivity contribution is -0.202. The fourth-order valence-corrected chi connectivity index (χ4v) is 5.49. The Morgan fingerprint density at radius 1 is 1.15 bits per heavy atom. The summed E-state index contributed by atoms with van der Waals surface area (Å²) in [5.41, 5.74) is -4.45. The Labute approximate surface area is 219 Å². The molecule has 1 atom stereocenters. The summed E-state index contributed by atoms with van der Waals surface area (Å²) in [5, 5.41) is 14.9. The second kappa shape index (κ2) is 9.88. The van der Waals surface area contributed by atoms with Crippen LogP contribution in [0.25, 0.3) is 11.1 Å². The summed E-state index contributed by atoms with van der Waals surface area (Å²) in [6.45, 7) is -0.422. The van der Waals surface area contributed by atoms with E-state index in [0.717, 1.165) is 41.2 Å². The normalized spacial score (nSPS) is 20.3. The molecule has 1 amide bonds. The van der Waals surface area contributed by atoms with Crippen LogP contribution in [0.5, 0.6) is 5.75 Å². The van der Waals surface area contributed by atoms with Gasteiger partial charge in [0, 0.05) is 41.1 Å². The molecule has 2 N–H and O–H groups in total. The van der Waals surface area contributed by atoms with Crippen LogP contribution in [0.1, 0.15) is 59.3 Å². The smallest absolute Gasteiger partial charge is 0.416 e. The van der Waals surface area contributed by atoms with Crippen LogP contribution >= 0.6 is 11.3 Å². The predicted octanol–water partition coefficient (Wildman–Crippen LogP) is 5.28. The van der Waals surface area contributed by atoms with Crippen molar-refractivity contribution in [1.82, 2.24) is 30.9 Å². The highest BCUT2D eigenvalue weighted by Crippen LogP contribution is 2.52. The summed E-state index contributed by atoms with van der Waals surface area (Å²) in [4.78, 5) is 18.4. The minimum Gasteiger partial charge on any atom is -0.493 e. The van der Waals surface area contributed by atoms with Crippen LogP contribution in [-0.4, -0.2) is 50.5 Å². The number of ether oxygens (including phenoxy) is 1. The maximum absolute atomic E-state index is 15.3. The molecule has 0 spiro atoms. The maximum atomic E-state index is 15.3. The van der Waals surface area contributed by atoms with Crippen LogP contribution in [0.2, 0.25) is 0 Å². The molecule has 0 unspecified atom stereocenters. The number of hydrogen-bond acceptors (Lipinski definition) is 7. The number of aromatic nitrogens is 5. The molecule has 0 radical (unpaired) electrons. The Bertz CT molecular complexity index is 1400. The van der Waals surface area contributed by atoms with Crippen LogP contribution in [0.3, 0.4) is 0 Å². The van der Waals surface area contributed by atoms with Crippen molar-refractivity contribution in [2.75, 3.05) is 6.61 Å². The van der Waals surface area contributed by atoms with Crippen molar-refractivity contribution in [3.63, 3.8) is 0 Å². The molecule has 1 aliphatic heterocycles. The predicted molar refractivity (Wildman–Crippen MR) is 123 cm³/mol. The number of alkyl halides is 6. The average molecular weight is 576 g/mol. The van der Waals surface area contributed by atoms with E-state index >= 15 is 4.39 Å². The average Bonchev–Trinajstić information content (AvgIpc) is 3.33. The van der Waals surface area contributed by atoms with Gasteiger partial charge in [0.25, 0.3) is 5.91 Å². The lowest BCUT2D eigenvalue weighted by atomic mass is 9.78. The van der Waals surface area contributed by atoms with E-state index in [4.69, 9.17) is 4.74 Å². The van der Waals surface area contributed by atoms with Crippen molar-refractivity contribution in [2.24, 2.45) is 0 Å². The van der Waals surface area contributed by atoms with Gasteiger partial charge >= 0.3 is 12.4 Å². The van der Waals surface area contributed by atoms with Crippen LogP contribution in [-0.2, 0) is 10.3 Å². The minimum absolute atomic E-state index is 0.113. The molecule has 2 aromatic heterocycles. The molecule has 8 nitrogen and oxygen atoms in total. The zero-order valence-electron chi connectivity index (χ0n) is 19.8. The van der Waals surface area contributed by atoms with Crippen LogP contribution in [0.4, 0.5) is 30.7 Å². The fraction of sp³-hybridized carbons (Fsp3) is 0.435. The number of hydrogen-bond donors (Lipinski definition) is 2. The highest BCUT2D eigenvalue weighted by Gasteiger charge is 2.61. The number of tetrazole rings is 1. The third-order valence-corrected chi connectivity index (χ3v) is 7.62. The largest absolute Gasteiger partial charge is 0.493 e. The highest BCUT2D eigenvalue weighted by molar-refractivity contribution is 7.13. The number of nitrogens with zero attached hydrogens (tertiary/aromatic N) is 4. The van der Waals surface area contributed by atoms with Gasteiger partial charge in [-0.25, -0.2) is 14.5 Å². The van der Waals surface area contributed by atoms with Gasteiger partial charge in [0.05, 0.1) is 12.2 Å². The van der Waals surface area contributed by atoms with E-state index < -0.39 is 61.0 Å². The Morgan fingerprint density at radius 3 is 2.54 bits per heavy atom. The number of H-pyrrole nitrogens is 1. The summed E-state index contributed by atoms with van der Waals surface area (Å²) in [7, 11) is 0. The van der Waals surface area contributed by atoms with Crippen LogP contribution < -0.4 is 10.1 Å². The molecule has 0 bridgehead atoms. The summed E-state index contributed by atoms with van der Waals surface area (Å²) in [6, 6.07) is 2.47. The number of aromatic amines is 1. The van der Waals surface area contributed by atoms with E-state index in [-0.39, 0.29) is 33.6 Å². The lowest BCUT2D eigenvalue weighted by Crippen LogP contribution is -2.59. The summed E-state index contributed by atoms with van der Waals surface area (Å²) < 4.78 is 102. The zero-order chi connectivity index (χ0) is 28.0. The Hall–Kier alpha value is -3.56. The first-order valence-electron chi connectivity index (χ1n) is 11.7. The van der Waals surface area contributed by atoms with Crippen molar-refractivity contribution in [3.05, 3.63) is 51.5 Å². The zero-order valence-corrected chi connectivity index (χ0v) is 20.6. The van der Waals surface area contributed by atoms with Crippen molar-refractivity contribution in [1.29, 1.82) is 0 Å². The van der Waals surface area contributed by atoms with Crippen molar-refractivity contribution < 1.29 is 40.3 Å². The van der Waals surface area contributed by atoms with Gasteiger partial charge in [-0.2, -0.15) is 26.3 Å². The molecular formula is C23H19F7N6O2S. The first-order valence-corrected chi connectivity index (χ1v) is 12.5. The molecule has 0 saturated heterocycles. The molecule has 5 rings (SSSR count). The van der Waals surface area contributed by atoms with Crippen LogP contribution in [0, 0.1) is 5.82 Å². The number of carbonyl (C=O) groups excluding carboxylic acids is 1. The second-order valence-corrected chi connectivity index (χ2v) is 10.3. The molecule has 1 saturated carbocycles. The number of benzene rings is 1. The van der Waals surface area contributed by atoms with Gasteiger partial charge in [-0.3, -0.25) is 4.79 Å². The van der Waals surface area contributed by atoms with Gasteiger partial charge in [0.2, 0.25) is 0 Å². The van der Waals surface area contributed by atoms with Crippen molar-refractivity contribution in [3.8, 4) is 5.75 Å². The number of nitrogens with one attached hydrogen (secondary N) is 2. The quantitative estimate of drug-likeness (QED) is 0.279. The van der Waals surface area contributed by atoms with E-state index in [1.54, 1.807) is 6.20 Å². The molecule has 2 aliphatic rings. The van der Waals surface area contributed by atoms with Gasteiger partial charge < -0.3 is 10.1 Å². The Kier molecular flexibility index (Phi) is 6.84. The first-order chi connectivity index (χ1) is 18.4. The van der Waals surface area contributed by atoms with Crippen molar-refractivity contribution in [2.45, 2.75) is 55.9 Å². The Balaban J connectivity index is 1.53. The van der Waals surface area contributed by atoms with E-state index in [1.165, 1.54) is 0 Å². The van der Waals surface area contributed by atoms with Gasteiger partial charge in [0.15, 0.2) is 11.4 Å². The lowest BCUT2D eigenvalue weighted by Gasteiger charge is -2.41. The summed E-state index contributed by atoms with van der Waals surface area (Å²) in [5.74, 6) is -2.73. The third kappa shape index (κ3) is 5.46. The number of halogens is 7. The molecule has 1 fully saturated rings. The van der Waals surface area contributed by atoms with Gasteiger partial charge in [-0.1, -0.05) is 0 Å². The molecule has 1 aromatic carbocycles.